The normalized spacial score (nSPS) is 13.8. The molecule has 26 heavy (non-hydrogen) atoms. The van der Waals surface area contributed by atoms with E-state index in [1.807, 2.05) is 24.3 Å². The number of benzene rings is 1. The van der Waals surface area contributed by atoms with Gasteiger partial charge in [0.1, 0.15) is 0 Å². The van der Waals surface area contributed by atoms with Gasteiger partial charge in [0.05, 0.1) is 0 Å². The number of unbranched alkanes of at least 4 members (excludes halogenated alkanes) is 3. The lowest BCUT2D eigenvalue weighted by Crippen LogP contribution is -2.22. The predicted molar refractivity (Wildman–Crippen MR) is 109 cm³/mol. The molecule has 1 aromatic heterocycles. The largest absolute Gasteiger partial charge is 0.354 e. The third-order valence-electron chi connectivity index (χ3n) is 4.43. The summed E-state index contributed by atoms with van der Waals surface area (Å²) < 4.78 is 0. The zero-order valence-corrected chi connectivity index (χ0v) is 16.1. The molecule has 7 heteroatoms. The van der Waals surface area contributed by atoms with Crippen molar-refractivity contribution in [3.8, 4) is 0 Å². The first-order valence-corrected chi connectivity index (χ1v) is 9.90. The molecule has 2 heterocycles. The Morgan fingerprint density at radius 3 is 2.42 bits per heavy atom. The van der Waals surface area contributed by atoms with E-state index in [1.165, 1.54) is 32.1 Å². The summed E-state index contributed by atoms with van der Waals surface area (Å²) in [7, 11) is 0. The first-order valence-electron chi connectivity index (χ1n) is 9.52. The van der Waals surface area contributed by atoms with Crippen molar-refractivity contribution in [3.05, 3.63) is 29.3 Å². The summed E-state index contributed by atoms with van der Waals surface area (Å²) in [5.41, 5.74) is 0.905. The maximum absolute atomic E-state index is 5.96. The highest BCUT2D eigenvalue weighted by Crippen LogP contribution is 2.21. The minimum Gasteiger partial charge on any atom is -0.354 e. The Hall–Kier alpha value is -2.08. The van der Waals surface area contributed by atoms with Crippen molar-refractivity contribution in [2.75, 3.05) is 35.2 Å². The molecule has 2 N–H and O–H groups in total. The molecule has 2 aromatic rings. The van der Waals surface area contributed by atoms with E-state index >= 15 is 0 Å². The van der Waals surface area contributed by atoms with Crippen LogP contribution in [0.25, 0.3) is 0 Å². The number of hydrogen-bond donors (Lipinski definition) is 2. The molecule has 0 amide bonds. The van der Waals surface area contributed by atoms with Gasteiger partial charge in [-0.3, -0.25) is 0 Å². The summed E-state index contributed by atoms with van der Waals surface area (Å²) >= 11 is 5.96. The molecule has 0 bridgehead atoms. The molecule has 6 nitrogen and oxygen atoms in total. The second-order valence-electron chi connectivity index (χ2n) is 6.60. The van der Waals surface area contributed by atoms with Crippen molar-refractivity contribution in [1.82, 2.24) is 15.0 Å². The maximum Gasteiger partial charge on any atom is 0.233 e. The van der Waals surface area contributed by atoms with E-state index in [2.05, 4.69) is 37.4 Å². The molecule has 0 radical (unpaired) electrons. The van der Waals surface area contributed by atoms with Crippen LogP contribution in [0.4, 0.5) is 23.5 Å². The molecule has 0 atom stereocenters. The molecular formula is C19H27ClN6. The number of hydrogen-bond acceptors (Lipinski definition) is 6. The molecule has 0 spiro atoms. The van der Waals surface area contributed by atoms with E-state index in [0.717, 1.165) is 37.7 Å². The van der Waals surface area contributed by atoms with Crippen LogP contribution in [0, 0.1) is 0 Å². The van der Waals surface area contributed by atoms with Crippen LogP contribution < -0.4 is 15.5 Å². The highest BCUT2D eigenvalue weighted by Gasteiger charge is 2.17. The van der Waals surface area contributed by atoms with Crippen molar-refractivity contribution in [2.45, 2.75) is 45.4 Å². The third kappa shape index (κ3) is 5.46. The van der Waals surface area contributed by atoms with E-state index in [0.29, 0.717) is 16.9 Å². The lowest BCUT2D eigenvalue weighted by molar-refractivity contribution is 0.683. The fraction of sp³-hybridized carbons (Fsp3) is 0.526. The van der Waals surface area contributed by atoms with Gasteiger partial charge in [-0.05, 0) is 43.5 Å². The standard InChI is InChI=1S/C19H27ClN6/c1-2-3-4-5-12-21-17-23-18(22-16-10-8-15(20)9-11-16)25-19(24-17)26-13-6-7-14-26/h8-11H,2-7,12-14H2,1H3,(H2,21,22,23,24,25). The Morgan fingerprint density at radius 2 is 1.69 bits per heavy atom. The van der Waals surface area contributed by atoms with Crippen molar-refractivity contribution in [2.24, 2.45) is 0 Å². The van der Waals surface area contributed by atoms with Crippen LogP contribution in [0.15, 0.2) is 24.3 Å². The number of nitrogens with one attached hydrogen (secondary N) is 2. The van der Waals surface area contributed by atoms with Gasteiger partial charge in [0.25, 0.3) is 0 Å². The summed E-state index contributed by atoms with van der Waals surface area (Å²) in [5, 5.41) is 7.32. The molecule has 1 aromatic carbocycles. The van der Waals surface area contributed by atoms with Gasteiger partial charge < -0.3 is 15.5 Å². The van der Waals surface area contributed by atoms with Gasteiger partial charge in [-0.1, -0.05) is 37.8 Å². The molecule has 0 saturated carbocycles. The van der Waals surface area contributed by atoms with Crippen molar-refractivity contribution < 1.29 is 0 Å². The fourth-order valence-electron chi connectivity index (χ4n) is 2.97. The van der Waals surface area contributed by atoms with E-state index in [-0.39, 0.29) is 0 Å². The number of nitrogens with zero attached hydrogens (tertiary/aromatic N) is 4. The Labute approximate surface area is 160 Å². The number of aromatic nitrogens is 3. The smallest absolute Gasteiger partial charge is 0.233 e. The van der Waals surface area contributed by atoms with E-state index in [1.54, 1.807) is 0 Å². The van der Waals surface area contributed by atoms with Gasteiger partial charge in [0.15, 0.2) is 0 Å². The van der Waals surface area contributed by atoms with Gasteiger partial charge in [0.2, 0.25) is 17.8 Å². The molecule has 140 valence electrons. The quantitative estimate of drug-likeness (QED) is 0.611. The molecule has 1 aliphatic rings. The SMILES string of the molecule is CCCCCCNc1nc(Nc2ccc(Cl)cc2)nc(N2CCCC2)n1. The summed E-state index contributed by atoms with van der Waals surface area (Å²) in [6.07, 6.45) is 7.22. The second-order valence-corrected chi connectivity index (χ2v) is 7.03. The number of rotatable bonds is 9. The summed E-state index contributed by atoms with van der Waals surface area (Å²) in [4.78, 5) is 16.0. The minimum atomic E-state index is 0.556. The van der Waals surface area contributed by atoms with Crippen molar-refractivity contribution >= 4 is 35.1 Å². The van der Waals surface area contributed by atoms with Crippen LogP contribution >= 0.6 is 11.6 Å². The Kier molecular flexibility index (Phi) is 6.89. The Balaban J connectivity index is 1.72. The van der Waals surface area contributed by atoms with Crippen LogP contribution in [0.5, 0.6) is 0 Å². The molecule has 1 saturated heterocycles. The van der Waals surface area contributed by atoms with E-state index in [9.17, 15) is 0 Å². The number of anilines is 4. The van der Waals surface area contributed by atoms with Crippen LogP contribution in [0.2, 0.25) is 5.02 Å². The molecule has 0 aliphatic carbocycles. The van der Waals surface area contributed by atoms with Gasteiger partial charge in [-0.2, -0.15) is 15.0 Å². The molecule has 1 aliphatic heterocycles. The van der Waals surface area contributed by atoms with Gasteiger partial charge in [-0.15, -0.1) is 0 Å². The second kappa shape index (κ2) is 9.57. The van der Waals surface area contributed by atoms with Crippen molar-refractivity contribution in [3.63, 3.8) is 0 Å². The van der Waals surface area contributed by atoms with Gasteiger partial charge in [-0.25, -0.2) is 0 Å². The topological polar surface area (TPSA) is 66.0 Å². The van der Waals surface area contributed by atoms with E-state index in [4.69, 9.17) is 11.6 Å². The molecule has 3 rings (SSSR count). The van der Waals surface area contributed by atoms with Crippen molar-refractivity contribution in [1.29, 1.82) is 0 Å². The third-order valence-corrected chi connectivity index (χ3v) is 4.68. The summed E-state index contributed by atoms with van der Waals surface area (Å²) in [6, 6.07) is 7.53. The Bertz CT molecular complexity index is 685. The zero-order chi connectivity index (χ0) is 18.2. The zero-order valence-electron chi connectivity index (χ0n) is 15.3. The summed E-state index contributed by atoms with van der Waals surface area (Å²) in [6.45, 7) is 5.10. The highest BCUT2D eigenvalue weighted by atomic mass is 35.5. The van der Waals surface area contributed by atoms with Gasteiger partial charge in [0, 0.05) is 30.3 Å². The summed E-state index contributed by atoms with van der Waals surface area (Å²) in [5.74, 6) is 1.93. The average molecular weight is 375 g/mol. The van der Waals surface area contributed by atoms with Crippen LogP contribution in [0.1, 0.15) is 45.4 Å². The molecule has 0 unspecified atom stereocenters. The van der Waals surface area contributed by atoms with E-state index < -0.39 is 0 Å². The highest BCUT2D eigenvalue weighted by molar-refractivity contribution is 6.30. The maximum atomic E-state index is 5.96. The molecular weight excluding hydrogens is 348 g/mol. The average Bonchev–Trinajstić information content (AvgIpc) is 3.18. The van der Waals surface area contributed by atoms with Gasteiger partial charge >= 0.3 is 0 Å². The van der Waals surface area contributed by atoms with Crippen LogP contribution in [-0.2, 0) is 0 Å². The molecule has 1 fully saturated rings. The lowest BCUT2D eigenvalue weighted by atomic mass is 10.2. The first kappa shape index (κ1) is 18.7. The number of halogens is 1. The fourth-order valence-corrected chi connectivity index (χ4v) is 3.10. The van der Waals surface area contributed by atoms with Crippen LogP contribution in [0.3, 0.4) is 0 Å². The first-order chi connectivity index (χ1) is 12.7. The van der Waals surface area contributed by atoms with Crippen LogP contribution in [-0.4, -0.2) is 34.6 Å². The predicted octanol–water partition coefficient (Wildman–Crippen LogP) is 4.86. The lowest BCUT2D eigenvalue weighted by Gasteiger charge is -2.17. The minimum absolute atomic E-state index is 0.556. The monoisotopic (exact) mass is 374 g/mol. The Morgan fingerprint density at radius 1 is 0.962 bits per heavy atom.